The number of phenols is 1. The minimum absolute atomic E-state index is 0.0536. The van der Waals surface area contributed by atoms with Gasteiger partial charge in [0.15, 0.2) is 0 Å². The fourth-order valence-corrected chi connectivity index (χ4v) is 3.69. The van der Waals surface area contributed by atoms with Gasteiger partial charge in [-0.1, -0.05) is 37.3 Å². The van der Waals surface area contributed by atoms with Gasteiger partial charge in [0.1, 0.15) is 5.75 Å². The normalized spacial score (nSPS) is 22.4. The molecule has 1 aliphatic heterocycles. The first-order valence-electron chi connectivity index (χ1n) is 9.07. The summed E-state index contributed by atoms with van der Waals surface area (Å²) in [4.78, 5) is 12.8. The fraction of sp³-hybridized carbons (Fsp3) is 0.381. The number of hydrogen-bond donors (Lipinski definition) is 4. The Hall–Kier alpha value is -2.37. The van der Waals surface area contributed by atoms with Crippen molar-refractivity contribution in [1.29, 1.82) is 0 Å². The highest BCUT2D eigenvalue weighted by Gasteiger charge is 2.42. The van der Waals surface area contributed by atoms with Gasteiger partial charge in [0.05, 0.1) is 11.6 Å². The minimum atomic E-state index is -1.01. The number of nitrogens with one attached hydrogen (secondary N) is 2. The van der Waals surface area contributed by atoms with Crippen LogP contribution in [-0.2, 0) is 0 Å². The van der Waals surface area contributed by atoms with Crippen molar-refractivity contribution < 1.29 is 15.0 Å². The summed E-state index contributed by atoms with van der Waals surface area (Å²) in [5.74, 6) is -0.190. The number of benzene rings is 2. The van der Waals surface area contributed by atoms with E-state index in [2.05, 4.69) is 10.6 Å². The zero-order valence-corrected chi connectivity index (χ0v) is 15.0. The molecule has 0 aliphatic carbocycles. The van der Waals surface area contributed by atoms with Gasteiger partial charge >= 0.3 is 0 Å². The van der Waals surface area contributed by atoms with Crippen molar-refractivity contribution in [2.24, 2.45) is 0 Å². The summed E-state index contributed by atoms with van der Waals surface area (Å²) in [5.41, 5.74) is 0.517. The Morgan fingerprint density at radius 1 is 1.15 bits per heavy atom. The van der Waals surface area contributed by atoms with Gasteiger partial charge in [0.2, 0.25) is 0 Å². The van der Waals surface area contributed by atoms with E-state index >= 15 is 0 Å². The summed E-state index contributed by atoms with van der Waals surface area (Å²) in [6.45, 7) is 3.36. The topological polar surface area (TPSA) is 81.6 Å². The number of carbonyl (C=O) groups is 1. The molecule has 1 fully saturated rings. The van der Waals surface area contributed by atoms with Crippen LogP contribution in [0.25, 0.3) is 0 Å². The third-order valence-electron chi connectivity index (χ3n) is 5.21. The number of carbonyl (C=O) groups excluding carboxylic acids is 1. The molecule has 0 aromatic heterocycles. The van der Waals surface area contributed by atoms with Gasteiger partial charge in [-0.15, -0.1) is 0 Å². The molecule has 5 nitrogen and oxygen atoms in total. The number of β-amino-alcohol motifs (C(OH)–C–C–N with tert-alkyl or cyclic N) is 1. The summed E-state index contributed by atoms with van der Waals surface area (Å²) < 4.78 is 0. The van der Waals surface area contributed by atoms with E-state index in [0.29, 0.717) is 18.5 Å². The molecule has 138 valence electrons. The third-order valence-corrected chi connectivity index (χ3v) is 5.21. The van der Waals surface area contributed by atoms with E-state index < -0.39 is 11.6 Å². The van der Waals surface area contributed by atoms with E-state index in [1.165, 1.54) is 12.1 Å². The summed E-state index contributed by atoms with van der Waals surface area (Å²) in [7, 11) is 0. The van der Waals surface area contributed by atoms with Gasteiger partial charge in [-0.3, -0.25) is 4.79 Å². The Morgan fingerprint density at radius 3 is 2.46 bits per heavy atom. The highest BCUT2D eigenvalue weighted by Crippen LogP contribution is 2.31. The van der Waals surface area contributed by atoms with Crippen LogP contribution in [0.1, 0.15) is 41.6 Å². The number of rotatable bonds is 5. The molecular weight excluding hydrogens is 328 g/mol. The summed E-state index contributed by atoms with van der Waals surface area (Å²) >= 11 is 0. The van der Waals surface area contributed by atoms with Gasteiger partial charge in [-0.2, -0.15) is 0 Å². The Bertz CT molecular complexity index is 725. The molecule has 5 heteroatoms. The van der Waals surface area contributed by atoms with E-state index in [9.17, 15) is 15.0 Å². The molecule has 0 spiro atoms. The van der Waals surface area contributed by atoms with Gasteiger partial charge in [-0.25, -0.2) is 0 Å². The molecule has 1 saturated heterocycles. The first kappa shape index (κ1) is 18.4. The quantitative estimate of drug-likeness (QED) is 0.665. The number of piperidine rings is 1. The first-order chi connectivity index (χ1) is 12.5. The van der Waals surface area contributed by atoms with Gasteiger partial charge < -0.3 is 20.8 Å². The highest BCUT2D eigenvalue weighted by atomic mass is 16.3. The van der Waals surface area contributed by atoms with Crippen LogP contribution in [0.2, 0.25) is 0 Å². The molecule has 1 aliphatic rings. The lowest BCUT2D eigenvalue weighted by Gasteiger charge is -2.42. The molecule has 4 N–H and O–H groups in total. The first-order valence-corrected chi connectivity index (χ1v) is 9.07. The zero-order chi connectivity index (χ0) is 18.6. The highest BCUT2D eigenvalue weighted by molar-refractivity contribution is 5.94. The summed E-state index contributed by atoms with van der Waals surface area (Å²) in [6, 6.07) is 15.6. The van der Waals surface area contributed by atoms with E-state index in [-0.39, 0.29) is 17.6 Å². The van der Waals surface area contributed by atoms with Crippen LogP contribution >= 0.6 is 0 Å². The SMILES string of the molecule is CC(c1ccccc1)C(NC(=O)c1ccc(O)cc1)C1(O)CCCNC1. The number of aliphatic hydroxyl groups is 1. The van der Waals surface area contributed by atoms with Crippen LogP contribution in [0, 0.1) is 0 Å². The van der Waals surface area contributed by atoms with Crippen molar-refractivity contribution in [1.82, 2.24) is 10.6 Å². The van der Waals surface area contributed by atoms with Crippen molar-refractivity contribution >= 4 is 5.91 Å². The van der Waals surface area contributed by atoms with Crippen LogP contribution in [0.3, 0.4) is 0 Å². The van der Waals surface area contributed by atoms with E-state index in [4.69, 9.17) is 0 Å². The van der Waals surface area contributed by atoms with Crippen molar-refractivity contribution in [3.63, 3.8) is 0 Å². The third kappa shape index (κ3) is 4.06. The lowest BCUT2D eigenvalue weighted by molar-refractivity contribution is -0.0238. The van der Waals surface area contributed by atoms with Crippen LogP contribution in [-0.4, -0.2) is 40.9 Å². The maximum absolute atomic E-state index is 12.8. The fourth-order valence-electron chi connectivity index (χ4n) is 3.69. The molecule has 3 atom stereocenters. The van der Waals surface area contributed by atoms with E-state index in [1.54, 1.807) is 12.1 Å². The number of aromatic hydroxyl groups is 1. The summed E-state index contributed by atoms with van der Waals surface area (Å²) in [6.07, 6.45) is 1.50. The van der Waals surface area contributed by atoms with Crippen LogP contribution < -0.4 is 10.6 Å². The van der Waals surface area contributed by atoms with Crippen molar-refractivity contribution in [2.45, 2.75) is 37.3 Å². The number of amides is 1. The largest absolute Gasteiger partial charge is 0.508 e. The smallest absolute Gasteiger partial charge is 0.251 e. The molecule has 1 heterocycles. The Kier molecular flexibility index (Phi) is 5.59. The van der Waals surface area contributed by atoms with Crippen LogP contribution in [0.5, 0.6) is 5.75 Å². The van der Waals surface area contributed by atoms with E-state index in [1.807, 2.05) is 37.3 Å². The minimum Gasteiger partial charge on any atom is -0.508 e. The molecule has 2 aromatic carbocycles. The average molecular weight is 354 g/mol. The van der Waals surface area contributed by atoms with E-state index in [0.717, 1.165) is 18.5 Å². The second-order valence-corrected chi connectivity index (χ2v) is 7.08. The Balaban J connectivity index is 1.87. The summed E-state index contributed by atoms with van der Waals surface area (Å²) in [5, 5.41) is 27.0. The molecule has 26 heavy (non-hydrogen) atoms. The predicted octanol–water partition coefficient (Wildman–Crippen LogP) is 2.41. The molecule has 3 unspecified atom stereocenters. The molecule has 2 aromatic rings. The Labute approximate surface area is 154 Å². The zero-order valence-electron chi connectivity index (χ0n) is 15.0. The number of hydrogen-bond acceptors (Lipinski definition) is 4. The maximum atomic E-state index is 12.8. The molecule has 0 bridgehead atoms. The molecular formula is C21H26N2O3. The average Bonchev–Trinajstić information content (AvgIpc) is 2.67. The second kappa shape index (κ2) is 7.89. The Morgan fingerprint density at radius 2 is 1.85 bits per heavy atom. The second-order valence-electron chi connectivity index (χ2n) is 7.08. The molecule has 3 rings (SSSR count). The molecule has 0 saturated carbocycles. The lowest BCUT2D eigenvalue weighted by Crippen LogP contribution is -2.61. The monoisotopic (exact) mass is 354 g/mol. The van der Waals surface area contributed by atoms with Crippen molar-refractivity contribution in [3.05, 3.63) is 65.7 Å². The predicted molar refractivity (Wildman–Crippen MR) is 101 cm³/mol. The molecule has 0 radical (unpaired) electrons. The van der Waals surface area contributed by atoms with Gasteiger partial charge in [0, 0.05) is 18.0 Å². The number of phenolic OH excluding ortho intramolecular Hbond substituents is 1. The standard InChI is InChI=1S/C21H26N2O3/c1-15(16-6-3-2-4-7-16)19(21(26)12-5-13-22-14-21)23-20(25)17-8-10-18(24)11-9-17/h2-4,6-11,15,19,22,24,26H,5,12-14H2,1H3,(H,23,25). The van der Waals surface area contributed by atoms with Crippen molar-refractivity contribution in [2.75, 3.05) is 13.1 Å². The lowest BCUT2D eigenvalue weighted by atomic mass is 9.77. The molecule has 1 amide bonds. The van der Waals surface area contributed by atoms with Gasteiger partial charge in [-0.05, 0) is 49.2 Å². The van der Waals surface area contributed by atoms with Gasteiger partial charge in [0.25, 0.3) is 5.91 Å². The van der Waals surface area contributed by atoms with Crippen molar-refractivity contribution in [3.8, 4) is 5.75 Å². The van der Waals surface area contributed by atoms with Crippen LogP contribution in [0.15, 0.2) is 54.6 Å². The van der Waals surface area contributed by atoms with Crippen LogP contribution in [0.4, 0.5) is 0 Å². The maximum Gasteiger partial charge on any atom is 0.251 e.